The van der Waals surface area contributed by atoms with Crippen molar-refractivity contribution in [2.45, 2.75) is 6.54 Å². The molecule has 3 heterocycles. The highest BCUT2D eigenvalue weighted by molar-refractivity contribution is 7.19. The van der Waals surface area contributed by atoms with Crippen LogP contribution in [0.1, 0.15) is 4.88 Å². The van der Waals surface area contributed by atoms with Gasteiger partial charge in [-0.3, -0.25) is 9.69 Å². The Hall–Kier alpha value is -2.15. The van der Waals surface area contributed by atoms with Gasteiger partial charge in [-0.1, -0.05) is 12.1 Å². The number of fused-ring (bicyclic) bond motifs is 1. The van der Waals surface area contributed by atoms with Crippen LogP contribution in [0.5, 0.6) is 5.75 Å². The fourth-order valence-corrected chi connectivity index (χ4v) is 4.69. The van der Waals surface area contributed by atoms with E-state index in [4.69, 9.17) is 4.74 Å². The van der Waals surface area contributed by atoms with Crippen LogP contribution in [0.4, 0.5) is 0 Å². The quantitative estimate of drug-likeness (QED) is 0.768. The van der Waals surface area contributed by atoms with Gasteiger partial charge in [0.05, 0.1) is 12.5 Å². The predicted molar refractivity (Wildman–Crippen MR) is 107 cm³/mol. The summed E-state index contributed by atoms with van der Waals surface area (Å²) in [6.45, 7) is 5.06. The Bertz CT molecular complexity index is 986. The molecule has 136 valence electrons. The Morgan fingerprint density at radius 2 is 2.04 bits per heavy atom. The van der Waals surface area contributed by atoms with Crippen molar-refractivity contribution in [2.75, 3.05) is 33.3 Å². The molecule has 1 saturated heterocycles. The molecule has 4 rings (SSSR count). The number of thiophene rings is 1. The minimum absolute atomic E-state index is 0.0643. The van der Waals surface area contributed by atoms with Gasteiger partial charge < -0.3 is 14.6 Å². The van der Waals surface area contributed by atoms with Crippen LogP contribution in [0, 0.1) is 0 Å². The number of pyridine rings is 1. The first-order valence-corrected chi connectivity index (χ1v) is 9.67. The molecular weight excluding hydrogens is 346 g/mol. The molecule has 1 aliphatic rings. The van der Waals surface area contributed by atoms with E-state index in [0.717, 1.165) is 59.7 Å². The minimum atomic E-state index is 0.0643. The molecular formula is C20H23N3O2S. The zero-order valence-electron chi connectivity index (χ0n) is 15.1. The van der Waals surface area contributed by atoms with Crippen LogP contribution in [0.15, 0.2) is 41.3 Å². The number of aryl methyl sites for hydroxylation is 1. The van der Waals surface area contributed by atoms with Gasteiger partial charge in [0, 0.05) is 61.1 Å². The van der Waals surface area contributed by atoms with Crippen molar-refractivity contribution in [3.63, 3.8) is 0 Å². The molecule has 0 atom stereocenters. The summed E-state index contributed by atoms with van der Waals surface area (Å²) in [5.74, 6) is 0.821. The second-order valence-electron chi connectivity index (χ2n) is 6.67. The molecule has 0 saturated carbocycles. The van der Waals surface area contributed by atoms with Crippen LogP contribution < -0.4 is 15.6 Å². The second kappa shape index (κ2) is 7.23. The zero-order chi connectivity index (χ0) is 18.1. The highest BCUT2D eigenvalue weighted by Crippen LogP contribution is 2.34. The lowest BCUT2D eigenvalue weighted by atomic mass is 10.1. The van der Waals surface area contributed by atoms with E-state index in [0.29, 0.717) is 0 Å². The van der Waals surface area contributed by atoms with Crippen LogP contribution >= 0.6 is 11.3 Å². The molecule has 1 aliphatic heterocycles. The third kappa shape index (κ3) is 3.28. The number of hydrogen-bond acceptors (Lipinski definition) is 5. The molecule has 0 radical (unpaired) electrons. The van der Waals surface area contributed by atoms with Crippen molar-refractivity contribution in [2.24, 2.45) is 7.05 Å². The van der Waals surface area contributed by atoms with Gasteiger partial charge in [0.1, 0.15) is 5.75 Å². The van der Waals surface area contributed by atoms with Crippen molar-refractivity contribution in [3.8, 4) is 16.9 Å². The second-order valence-corrected chi connectivity index (χ2v) is 7.81. The van der Waals surface area contributed by atoms with Crippen LogP contribution in [0.25, 0.3) is 21.2 Å². The molecule has 26 heavy (non-hydrogen) atoms. The van der Waals surface area contributed by atoms with E-state index in [-0.39, 0.29) is 5.56 Å². The number of piperazine rings is 1. The summed E-state index contributed by atoms with van der Waals surface area (Å²) in [6.07, 6.45) is 1.94. The van der Waals surface area contributed by atoms with Crippen molar-refractivity contribution in [3.05, 3.63) is 51.8 Å². The van der Waals surface area contributed by atoms with Crippen molar-refractivity contribution >= 4 is 21.4 Å². The van der Waals surface area contributed by atoms with E-state index < -0.39 is 0 Å². The Balaban J connectivity index is 1.79. The first-order chi connectivity index (χ1) is 12.7. The van der Waals surface area contributed by atoms with Crippen LogP contribution in [0.2, 0.25) is 0 Å². The number of benzene rings is 1. The predicted octanol–water partition coefficient (Wildman–Crippen LogP) is 2.68. The monoisotopic (exact) mass is 369 g/mol. The summed E-state index contributed by atoms with van der Waals surface area (Å²) in [4.78, 5) is 16.3. The van der Waals surface area contributed by atoms with E-state index in [9.17, 15) is 4.79 Å². The maximum atomic E-state index is 12.7. The largest absolute Gasteiger partial charge is 0.497 e. The molecule has 0 amide bonds. The lowest BCUT2D eigenvalue weighted by Crippen LogP contribution is -2.42. The smallest absolute Gasteiger partial charge is 0.259 e. The molecule has 2 aromatic heterocycles. The van der Waals surface area contributed by atoms with Gasteiger partial charge >= 0.3 is 0 Å². The van der Waals surface area contributed by atoms with Crippen LogP contribution in [-0.2, 0) is 13.6 Å². The number of nitrogens with one attached hydrogen (secondary N) is 1. The maximum absolute atomic E-state index is 12.7. The Morgan fingerprint density at radius 3 is 2.81 bits per heavy atom. The third-order valence-corrected chi connectivity index (χ3v) is 6.02. The molecule has 3 aromatic rings. The zero-order valence-corrected chi connectivity index (χ0v) is 15.9. The molecule has 0 spiro atoms. The molecule has 1 fully saturated rings. The summed E-state index contributed by atoms with van der Waals surface area (Å²) in [5, 5.41) is 4.19. The molecule has 0 unspecified atom stereocenters. The molecule has 5 nitrogen and oxygen atoms in total. The molecule has 1 aromatic carbocycles. The van der Waals surface area contributed by atoms with Gasteiger partial charge in [0.2, 0.25) is 0 Å². The van der Waals surface area contributed by atoms with E-state index in [1.54, 1.807) is 23.0 Å². The van der Waals surface area contributed by atoms with Gasteiger partial charge in [-0.2, -0.15) is 0 Å². The molecule has 6 heteroatoms. The Kier molecular flexibility index (Phi) is 4.80. The third-order valence-electron chi connectivity index (χ3n) is 4.87. The average molecular weight is 369 g/mol. The van der Waals surface area contributed by atoms with E-state index >= 15 is 0 Å². The summed E-state index contributed by atoms with van der Waals surface area (Å²) in [6, 6.07) is 10.1. The van der Waals surface area contributed by atoms with Gasteiger partial charge in [-0.05, 0) is 23.8 Å². The van der Waals surface area contributed by atoms with E-state index in [1.807, 2.05) is 31.4 Å². The number of aromatic nitrogens is 1. The van der Waals surface area contributed by atoms with Crippen molar-refractivity contribution in [1.82, 2.24) is 14.8 Å². The SMILES string of the molecule is COc1cccc(-c2cn(C)c(=O)c3cc(CN4CCNCC4)sc23)c1. The molecule has 0 aliphatic carbocycles. The van der Waals surface area contributed by atoms with Crippen LogP contribution in [0.3, 0.4) is 0 Å². The lowest BCUT2D eigenvalue weighted by Gasteiger charge is -2.26. The highest BCUT2D eigenvalue weighted by atomic mass is 32.1. The maximum Gasteiger partial charge on any atom is 0.259 e. The number of rotatable bonds is 4. The fraction of sp³-hybridized carbons (Fsp3) is 0.350. The minimum Gasteiger partial charge on any atom is -0.497 e. The number of hydrogen-bond donors (Lipinski definition) is 1. The summed E-state index contributed by atoms with van der Waals surface area (Å²) < 4.78 is 8.11. The average Bonchev–Trinajstić information content (AvgIpc) is 3.09. The summed E-state index contributed by atoms with van der Waals surface area (Å²) in [5.41, 5.74) is 2.22. The number of methoxy groups -OCH3 is 1. The number of nitrogens with zero attached hydrogens (tertiary/aromatic N) is 2. The summed E-state index contributed by atoms with van der Waals surface area (Å²) >= 11 is 1.73. The molecule has 0 bridgehead atoms. The van der Waals surface area contributed by atoms with E-state index in [2.05, 4.69) is 22.3 Å². The lowest BCUT2D eigenvalue weighted by molar-refractivity contribution is 0.235. The van der Waals surface area contributed by atoms with E-state index in [1.165, 1.54) is 4.88 Å². The Labute approximate surface area is 156 Å². The van der Waals surface area contributed by atoms with Crippen molar-refractivity contribution < 1.29 is 4.74 Å². The Morgan fingerprint density at radius 1 is 1.23 bits per heavy atom. The van der Waals surface area contributed by atoms with Gasteiger partial charge in [-0.25, -0.2) is 0 Å². The number of ether oxygens (including phenoxy) is 1. The standard InChI is InChI=1S/C20H23N3O2S/c1-22-13-18(14-4-3-5-15(10-14)25-2)19-17(20(22)24)11-16(26-19)12-23-8-6-21-7-9-23/h3-5,10-11,13,21H,6-9,12H2,1-2H3. The van der Waals surface area contributed by atoms with Crippen molar-refractivity contribution in [1.29, 1.82) is 0 Å². The highest BCUT2D eigenvalue weighted by Gasteiger charge is 2.16. The first-order valence-electron chi connectivity index (χ1n) is 8.85. The van der Waals surface area contributed by atoms with Gasteiger partial charge in [0.25, 0.3) is 5.56 Å². The first kappa shape index (κ1) is 17.3. The summed E-state index contributed by atoms with van der Waals surface area (Å²) in [7, 11) is 3.49. The fourth-order valence-electron chi connectivity index (χ4n) is 3.47. The van der Waals surface area contributed by atoms with Gasteiger partial charge in [-0.15, -0.1) is 11.3 Å². The topological polar surface area (TPSA) is 46.5 Å². The van der Waals surface area contributed by atoms with Crippen LogP contribution in [-0.4, -0.2) is 42.8 Å². The molecule has 1 N–H and O–H groups in total. The normalized spacial score (nSPS) is 15.5. The van der Waals surface area contributed by atoms with Gasteiger partial charge in [0.15, 0.2) is 0 Å².